The largest absolute Gasteiger partial charge is 0.494 e. The van der Waals surface area contributed by atoms with Gasteiger partial charge in [0, 0.05) is 31.2 Å². The van der Waals surface area contributed by atoms with E-state index in [0.29, 0.717) is 22.5 Å². The van der Waals surface area contributed by atoms with E-state index >= 15 is 0 Å². The molecule has 1 amide bonds. The second-order valence-corrected chi connectivity index (χ2v) is 8.99. The fourth-order valence-corrected chi connectivity index (χ4v) is 4.25. The molecule has 0 spiro atoms. The van der Waals surface area contributed by atoms with Crippen molar-refractivity contribution in [3.8, 4) is 5.75 Å². The number of aromatic nitrogens is 1. The van der Waals surface area contributed by atoms with Gasteiger partial charge >= 0.3 is 0 Å². The van der Waals surface area contributed by atoms with Crippen LogP contribution in [-0.2, 0) is 10.0 Å². The number of aryl methyl sites for hydroxylation is 1. The molecule has 0 aliphatic heterocycles. The van der Waals surface area contributed by atoms with Crippen molar-refractivity contribution in [3.05, 3.63) is 59.3 Å². The molecule has 3 aromatic rings. The zero-order valence-corrected chi connectivity index (χ0v) is 17.8. The zero-order valence-electron chi connectivity index (χ0n) is 17.0. The highest BCUT2D eigenvalue weighted by molar-refractivity contribution is 7.89. The average Bonchev–Trinajstić information content (AvgIpc) is 2.69. The molecular formula is C21H23N3O4S. The normalized spacial score (nSPS) is 11.7. The summed E-state index contributed by atoms with van der Waals surface area (Å²) in [5.41, 5.74) is 2.80. The van der Waals surface area contributed by atoms with Gasteiger partial charge in [0.2, 0.25) is 10.0 Å². The number of fused-ring (bicyclic) bond motifs is 1. The highest BCUT2D eigenvalue weighted by Crippen LogP contribution is 2.30. The average molecular weight is 413 g/mol. The highest BCUT2D eigenvalue weighted by atomic mass is 32.2. The van der Waals surface area contributed by atoms with E-state index in [1.165, 1.54) is 20.2 Å². The molecule has 0 fully saturated rings. The van der Waals surface area contributed by atoms with Gasteiger partial charge < -0.3 is 10.1 Å². The van der Waals surface area contributed by atoms with Crippen molar-refractivity contribution in [2.45, 2.75) is 18.7 Å². The van der Waals surface area contributed by atoms with Gasteiger partial charge in [-0.05, 0) is 61.4 Å². The lowest BCUT2D eigenvalue weighted by Gasteiger charge is -2.17. The van der Waals surface area contributed by atoms with Crippen molar-refractivity contribution in [1.29, 1.82) is 0 Å². The Hall–Kier alpha value is -2.97. The van der Waals surface area contributed by atoms with Gasteiger partial charge in [-0.15, -0.1) is 0 Å². The number of benzene rings is 2. The van der Waals surface area contributed by atoms with Crippen molar-refractivity contribution < 1.29 is 17.9 Å². The van der Waals surface area contributed by atoms with Crippen LogP contribution in [0, 0.1) is 13.8 Å². The van der Waals surface area contributed by atoms with Gasteiger partial charge in [0.05, 0.1) is 17.7 Å². The molecule has 0 bridgehead atoms. The van der Waals surface area contributed by atoms with Gasteiger partial charge in [-0.25, -0.2) is 12.7 Å². The van der Waals surface area contributed by atoms with E-state index in [4.69, 9.17) is 4.74 Å². The number of sulfonamides is 1. The molecule has 1 aromatic heterocycles. The van der Waals surface area contributed by atoms with Gasteiger partial charge in [-0.2, -0.15) is 0 Å². The number of carbonyl (C=O) groups is 1. The number of hydrogen-bond acceptors (Lipinski definition) is 5. The number of hydrogen-bond donors (Lipinski definition) is 1. The van der Waals surface area contributed by atoms with Crippen molar-refractivity contribution in [1.82, 2.24) is 9.29 Å². The fraction of sp³-hybridized carbons (Fsp3) is 0.238. The lowest BCUT2D eigenvalue weighted by atomic mass is 10.1. The van der Waals surface area contributed by atoms with E-state index < -0.39 is 15.9 Å². The lowest BCUT2D eigenvalue weighted by Crippen LogP contribution is -2.24. The number of nitrogens with one attached hydrogen (secondary N) is 1. The first-order valence-electron chi connectivity index (χ1n) is 8.93. The Labute approximate surface area is 170 Å². The highest BCUT2D eigenvalue weighted by Gasteiger charge is 2.23. The monoisotopic (exact) mass is 413 g/mol. The first-order chi connectivity index (χ1) is 13.7. The Balaban J connectivity index is 2.05. The summed E-state index contributed by atoms with van der Waals surface area (Å²) in [6.07, 6.45) is 1.65. The summed E-state index contributed by atoms with van der Waals surface area (Å²) in [7, 11) is 0.814. The summed E-state index contributed by atoms with van der Waals surface area (Å²) in [4.78, 5) is 17.4. The number of amides is 1. The Morgan fingerprint density at radius 3 is 2.52 bits per heavy atom. The van der Waals surface area contributed by atoms with Crippen molar-refractivity contribution in [2.24, 2.45) is 0 Å². The van der Waals surface area contributed by atoms with Crippen LogP contribution in [0.2, 0.25) is 0 Å². The molecule has 0 radical (unpaired) electrons. The molecule has 1 heterocycles. The summed E-state index contributed by atoms with van der Waals surface area (Å²) in [5, 5.41) is 3.59. The molecule has 0 aliphatic carbocycles. The van der Waals surface area contributed by atoms with Gasteiger partial charge in [-0.3, -0.25) is 9.78 Å². The second-order valence-electron chi connectivity index (χ2n) is 6.87. The number of methoxy groups -OCH3 is 1. The SMILES string of the molecule is COc1ccc(NC(=O)c2cc(C)c(C)c(S(=O)(=O)N(C)C)c2)c2cccnc12. The quantitative estimate of drug-likeness (QED) is 0.693. The molecule has 1 N–H and O–H groups in total. The minimum Gasteiger partial charge on any atom is -0.494 e. The van der Waals surface area contributed by atoms with E-state index in [-0.39, 0.29) is 10.5 Å². The van der Waals surface area contributed by atoms with E-state index in [0.717, 1.165) is 15.3 Å². The molecule has 0 atom stereocenters. The Morgan fingerprint density at radius 1 is 1.14 bits per heavy atom. The van der Waals surface area contributed by atoms with Crippen LogP contribution in [0.3, 0.4) is 0 Å². The number of nitrogens with zero attached hydrogens (tertiary/aromatic N) is 2. The van der Waals surface area contributed by atoms with Gasteiger partial charge in [0.15, 0.2) is 0 Å². The molecule has 0 saturated carbocycles. The van der Waals surface area contributed by atoms with Crippen molar-refractivity contribution in [3.63, 3.8) is 0 Å². The van der Waals surface area contributed by atoms with Crippen LogP contribution >= 0.6 is 0 Å². The van der Waals surface area contributed by atoms with Gasteiger partial charge in [0.1, 0.15) is 11.3 Å². The zero-order chi connectivity index (χ0) is 21.3. The van der Waals surface area contributed by atoms with E-state index in [1.807, 2.05) is 6.07 Å². The molecule has 3 rings (SSSR count). The third-order valence-corrected chi connectivity index (χ3v) is 6.78. The molecule has 0 saturated heterocycles. The van der Waals surface area contributed by atoms with Crippen LogP contribution in [0.25, 0.3) is 10.9 Å². The Bertz CT molecular complexity index is 1200. The van der Waals surface area contributed by atoms with Crippen LogP contribution in [0.1, 0.15) is 21.5 Å². The van der Waals surface area contributed by atoms with Gasteiger partial charge in [-0.1, -0.05) is 0 Å². The predicted octanol–water partition coefficient (Wildman–Crippen LogP) is 3.36. The third-order valence-electron chi connectivity index (χ3n) is 4.84. The third kappa shape index (κ3) is 3.81. The van der Waals surface area contributed by atoms with Crippen molar-refractivity contribution >= 4 is 32.5 Å². The fourth-order valence-electron chi connectivity index (χ4n) is 3.04. The molecule has 0 unspecified atom stereocenters. The maximum absolute atomic E-state index is 13.0. The minimum absolute atomic E-state index is 0.119. The molecule has 2 aromatic carbocycles. The standard InChI is InChI=1S/C21H23N3O4S/c1-13-11-15(12-19(14(13)2)29(26,27)24(3)4)21(25)23-17-8-9-18(28-5)20-16(17)7-6-10-22-20/h6-12H,1-5H3,(H,23,25). The topological polar surface area (TPSA) is 88.6 Å². The summed E-state index contributed by atoms with van der Waals surface area (Å²) < 4.78 is 31.8. The summed E-state index contributed by atoms with van der Waals surface area (Å²) >= 11 is 0. The number of ether oxygens (including phenoxy) is 1. The first kappa shape index (κ1) is 20.8. The van der Waals surface area contributed by atoms with Crippen molar-refractivity contribution in [2.75, 3.05) is 26.5 Å². The smallest absolute Gasteiger partial charge is 0.255 e. The molecule has 0 aliphatic rings. The molecule has 29 heavy (non-hydrogen) atoms. The summed E-state index contributed by atoms with van der Waals surface area (Å²) in [6.45, 7) is 3.52. The van der Waals surface area contributed by atoms with Crippen LogP contribution in [0.5, 0.6) is 5.75 Å². The number of anilines is 1. The maximum Gasteiger partial charge on any atom is 0.255 e. The molecule has 8 heteroatoms. The number of carbonyl (C=O) groups excluding carboxylic acids is 1. The summed E-state index contributed by atoms with van der Waals surface area (Å²) in [6, 6.07) is 10.2. The second kappa shape index (κ2) is 7.81. The maximum atomic E-state index is 13.0. The van der Waals surface area contributed by atoms with E-state index in [9.17, 15) is 13.2 Å². The molecule has 7 nitrogen and oxygen atoms in total. The number of pyridine rings is 1. The Morgan fingerprint density at radius 2 is 1.86 bits per heavy atom. The molecule has 152 valence electrons. The Kier molecular flexibility index (Phi) is 5.59. The number of rotatable bonds is 5. The molecular weight excluding hydrogens is 390 g/mol. The van der Waals surface area contributed by atoms with Crippen LogP contribution in [0.4, 0.5) is 5.69 Å². The minimum atomic E-state index is -3.68. The van der Waals surface area contributed by atoms with E-state index in [2.05, 4.69) is 10.3 Å². The summed E-state index contributed by atoms with van der Waals surface area (Å²) in [5.74, 6) is 0.197. The van der Waals surface area contributed by atoms with Gasteiger partial charge in [0.25, 0.3) is 5.91 Å². The van der Waals surface area contributed by atoms with Crippen LogP contribution in [-0.4, -0.2) is 44.8 Å². The first-order valence-corrected chi connectivity index (χ1v) is 10.4. The van der Waals surface area contributed by atoms with E-state index in [1.54, 1.807) is 51.4 Å². The van der Waals surface area contributed by atoms with Crippen LogP contribution < -0.4 is 10.1 Å². The predicted molar refractivity (Wildman–Crippen MR) is 113 cm³/mol. The lowest BCUT2D eigenvalue weighted by molar-refractivity contribution is 0.102. The van der Waals surface area contributed by atoms with Crippen LogP contribution in [0.15, 0.2) is 47.5 Å².